The van der Waals surface area contributed by atoms with E-state index in [4.69, 9.17) is 9.97 Å². The van der Waals surface area contributed by atoms with Gasteiger partial charge in [-0.1, -0.05) is 152 Å². The predicted molar refractivity (Wildman–Crippen MR) is 205 cm³/mol. The second-order valence-electron chi connectivity index (χ2n) is 13.2. The van der Waals surface area contributed by atoms with Gasteiger partial charge in [0.2, 0.25) is 0 Å². The van der Waals surface area contributed by atoms with E-state index in [2.05, 4.69) is 140 Å². The number of aromatic nitrogens is 2. The molecule has 0 radical (unpaired) electrons. The third kappa shape index (κ3) is 4.37. The first-order valence-electron chi connectivity index (χ1n) is 17.2. The van der Waals surface area contributed by atoms with Gasteiger partial charge >= 0.3 is 0 Å². The highest BCUT2D eigenvalue weighted by atomic mass is 14.9. The first-order valence-corrected chi connectivity index (χ1v) is 17.2. The molecular formula is C48H29N3. The van der Waals surface area contributed by atoms with Gasteiger partial charge in [0.15, 0.2) is 5.82 Å². The molecule has 236 valence electrons. The molecule has 10 rings (SSSR count). The summed E-state index contributed by atoms with van der Waals surface area (Å²) < 4.78 is 0. The van der Waals surface area contributed by atoms with Crippen molar-refractivity contribution in [2.75, 3.05) is 0 Å². The lowest BCUT2D eigenvalue weighted by molar-refractivity contribution is 0.794. The minimum Gasteiger partial charge on any atom is -0.228 e. The van der Waals surface area contributed by atoms with Crippen LogP contribution < -0.4 is 0 Å². The number of benzene rings is 7. The summed E-state index contributed by atoms with van der Waals surface area (Å²) >= 11 is 0. The van der Waals surface area contributed by atoms with Gasteiger partial charge in [-0.05, 0) is 79.9 Å². The summed E-state index contributed by atoms with van der Waals surface area (Å²) in [5.74, 6) is 0.705. The Morgan fingerprint density at radius 3 is 1.53 bits per heavy atom. The molecule has 7 aromatic carbocycles. The quantitative estimate of drug-likeness (QED) is 0.191. The van der Waals surface area contributed by atoms with Crippen molar-refractivity contribution in [1.29, 1.82) is 5.26 Å². The number of nitriles is 1. The summed E-state index contributed by atoms with van der Waals surface area (Å²) in [5.41, 5.74) is 17.2. The van der Waals surface area contributed by atoms with E-state index < -0.39 is 5.41 Å². The molecule has 0 saturated heterocycles. The van der Waals surface area contributed by atoms with Gasteiger partial charge in [-0.25, -0.2) is 9.97 Å². The molecule has 51 heavy (non-hydrogen) atoms. The fraction of sp³-hybridized carbons (Fsp3) is 0.0208. The van der Waals surface area contributed by atoms with Gasteiger partial charge in [-0.3, -0.25) is 0 Å². The van der Waals surface area contributed by atoms with Crippen molar-refractivity contribution in [2.24, 2.45) is 0 Å². The first kappa shape index (κ1) is 29.1. The monoisotopic (exact) mass is 647 g/mol. The van der Waals surface area contributed by atoms with Crippen LogP contribution in [0.5, 0.6) is 0 Å². The predicted octanol–water partition coefficient (Wildman–Crippen LogP) is 11.4. The van der Waals surface area contributed by atoms with E-state index in [1.807, 2.05) is 42.5 Å². The number of nitrogens with zero attached hydrogens (tertiary/aromatic N) is 3. The molecule has 0 atom stereocenters. The van der Waals surface area contributed by atoms with E-state index in [1.165, 1.54) is 38.9 Å². The van der Waals surface area contributed by atoms with Crippen LogP contribution in [-0.4, -0.2) is 9.97 Å². The zero-order valence-electron chi connectivity index (χ0n) is 27.6. The highest BCUT2D eigenvalue weighted by Crippen LogP contribution is 2.63. The maximum absolute atomic E-state index is 9.88. The van der Waals surface area contributed by atoms with Crippen LogP contribution in [0, 0.1) is 11.3 Å². The van der Waals surface area contributed by atoms with Crippen LogP contribution in [0.15, 0.2) is 176 Å². The van der Waals surface area contributed by atoms with Crippen LogP contribution in [0.1, 0.15) is 27.8 Å². The Kier molecular flexibility index (Phi) is 6.46. The molecule has 0 aliphatic heterocycles. The van der Waals surface area contributed by atoms with Gasteiger partial charge in [0, 0.05) is 16.7 Å². The molecule has 0 amide bonds. The van der Waals surface area contributed by atoms with Crippen molar-refractivity contribution in [2.45, 2.75) is 5.41 Å². The topological polar surface area (TPSA) is 49.6 Å². The van der Waals surface area contributed by atoms with Crippen molar-refractivity contribution in [3.63, 3.8) is 0 Å². The van der Waals surface area contributed by atoms with Crippen molar-refractivity contribution in [3.8, 4) is 73.4 Å². The highest BCUT2D eigenvalue weighted by Gasteiger charge is 2.51. The molecule has 1 heterocycles. The van der Waals surface area contributed by atoms with E-state index in [9.17, 15) is 5.26 Å². The number of fused-ring (bicyclic) bond motifs is 10. The Balaban J connectivity index is 1.12. The normalized spacial score (nSPS) is 12.8. The van der Waals surface area contributed by atoms with E-state index in [-0.39, 0.29) is 0 Å². The van der Waals surface area contributed by atoms with E-state index >= 15 is 0 Å². The zero-order chi connectivity index (χ0) is 33.9. The molecule has 8 aromatic rings. The molecule has 0 saturated carbocycles. The highest BCUT2D eigenvalue weighted by molar-refractivity contribution is 5.96. The van der Waals surface area contributed by atoms with E-state index in [0.717, 1.165) is 44.8 Å². The minimum atomic E-state index is -0.468. The van der Waals surface area contributed by atoms with Crippen molar-refractivity contribution in [3.05, 3.63) is 204 Å². The number of rotatable bonds is 4. The average molecular weight is 648 g/mol. The molecule has 2 aliphatic carbocycles. The van der Waals surface area contributed by atoms with Crippen LogP contribution in [0.4, 0.5) is 0 Å². The second-order valence-corrected chi connectivity index (χ2v) is 13.2. The summed E-state index contributed by atoms with van der Waals surface area (Å²) in [6, 6.07) is 64.3. The van der Waals surface area contributed by atoms with Crippen LogP contribution in [0.2, 0.25) is 0 Å². The van der Waals surface area contributed by atoms with Gasteiger partial charge in [0.05, 0.1) is 28.4 Å². The summed E-state index contributed by atoms with van der Waals surface area (Å²) in [7, 11) is 0. The standard InChI is InChI=1S/C48H29N3/c49-30-31-19-26-43-40(27-31)39-25-24-36(28-44(39)48(43)41-17-9-7-15-37(41)38-16-8-10-18-42(38)48)32-20-22-34(23-21-32)46-29-45(33-11-3-1-4-12-33)50-47(51-46)35-13-5-2-6-14-35/h1-29H. The number of hydrogen-bond acceptors (Lipinski definition) is 3. The zero-order valence-corrected chi connectivity index (χ0v) is 27.6. The summed E-state index contributed by atoms with van der Waals surface area (Å²) in [5, 5.41) is 9.88. The maximum atomic E-state index is 9.88. The summed E-state index contributed by atoms with van der Waals surface area (Å²) in [4.78, 5) is 10.0. The smallest absolute Gasteiger partial charge is 0.160 e. The molecule has 1 aromatic heterocycles. The molecule has 0 N–H and O–H groups in total. The Bertz CT molecular complexity index is 2580. The third-order valence-corrected chi connectivity index (χ3v) is 10.6. The molecule has 1 spiro atoms. The molecule has 3 heteroatoms. The van der Waals surface area contributed by atoms with Crippen LogP contribution in [0.3, 0.4) is 0 Å². The van der Waals surface area contributed by atoms with Gasteiger partial charge in [0.25, 0.3) is 0 Å². The fourth-order valence-electron chi connectivity index (χ4n) is 8.29. The Hall–Kier alpha value is -6.89. The lowest BCUT2D eigenvalue weighted by Crippen LogP contribution is -2.25. The van der Waals surface area contributed by atoms with E-state index in [0.29, 0.717) is 11.4 Å². The lowest BCUT2D eigenvalue weighted by atomic mass is 9.70. The van der Waals surface area contributed by atoms with Crippen molar-refractivity contribution < 1.29 is 0 Å². The van der Waals surface area contributed by atoms with Gasteiger partial charge < -0.3 is 0 Å². The van der Waals surface area contributed by atoms with Gasteiger partial charge in [-0.15, -0.1) is 0 Å². The molecular weight excluding hydrogens is 619 g/mol. The minimum absolute atomic E-state index is 0.468. The summed E-state index contributed by atoms with van der Waals surface area (Å²) in [6.45, 7) is 0. The van der Waals surface area contributed by atoms with Crippen LogP contribution >= 0.6 is 0 Å². The largest absolute Gasteiger partial charge is 0.228 e. The van der Waals surface area contributed by atoms with Crippen LogP contribution in [0.25, 0.3) is 67.3 Å². The second kappa shape index (κ2) is 11.3. The summed E-state index contributed by atoms with van der Waals surface area (Å²) in [6.07, 6.45) is 0. The molecule has 2 aliphatic rings. The third-order valence-electron chi connectivity index (χ3n) is 10.6. The SMILES string of the molecule is N#Cc1ccc2c(c1)-c1ccc(-c3ccc(-c4cc(-c5ccccc5)nc(-c5ccccc5)n4)cc3)cc1C21c2ccccc2-c2ccccc21. The maximum Gasteiger partial charge on any atom is 0.160 e. The van der Waals surface area contributed by atoms with E-state index in [1.54, 1.807) is 0 Å². The molecule has 0 fully saturated rings. The molecule has 3 nitrogen and oxygen atoms in total. The molecule has 0 unspecified atom stereocenters. The van der Waals surface area contributed by atoms with Gasteiger partial charge in [0.1, 0.15) is 0 Å². The number of hydrogen-bond donors (Lipinski definition) is 0. The van der Waals surface area contributed by atoms with Gasteiger partial charge in [-0.2, -0.15) is 5.26 Å². The molecule has 0 bridgehead atoms. The Labute approximate surface area is 296 Å². The first-order chi connectivity index (χ1) is 25.2. The van der Waals surface area contributed by atoms with Crippen molar-refractivity contribution >= 4 is 0 Å². The van der Waals surface area contributed by atoms with Crippen molar-refractivity contribution in [1.82, 2.24) is 9.97 Å². The average Bonchev–Trinajstić information content (AvgIpc) is 3.68. The fourth-order valence-corrected chi connectivity index (χ4v) is 8.29. The van der Waals surface area contributed by atoms with Crippen LogP contribution in [-0.2, 0) is 5.41 Å². The lowest BCUT2D eigenvalue weighted by Gasteiger charge is -2.30. The Morgan fingerprint density at radius 1 is 0.373 bits per heavy atom. The Morgan fingerprint density at radius 2 is 0.882 bits per heavy atom.